The molecule has 0 amide bonds. The lowest BCUT2D eigenvalue weighted by Gasteiger charge is -2.18. The summed E-state index contributed by atoms with van der Waals surface area (Å²) in [4.78, 5) is 23.4. The first-order chi connectivity index (χ1) is 23.6. The van der Waals surface area contributed by atoms with E-state index in [0.717, 1.165) is 64.2 Å². The number of esters is 1. The van der Waals surface area contributed by atoms with E-state index < -0.39 is 5.97 Å². The summed E-state index contributed by atoms with van der Waals surface area (Å²) in [7, 11) is 0. The lowest BCUT2D eigenvalue weighted by Crippen LogP contribution is -2.18. The molecule has 0 heterocycles. The van der Waals surface area contributed by atoms with Crippen molar-refractivity contribution in [3.8, 4) is 0 Å². The zero-order chi connectivity index (χ0) is 35.0. The first-order valence-corrected chi connectivity index (χ1v) is 21.7. The Balaban J connectivity index is 3.97. The molecule has 0 spiro atoms. The Morgan fingerprint density at radius 1 is 0.438 bits per heavy atom. The van der Waals surface area contributed by atoms with Crippen molar-refractivity contribution in [2.24, 2.45) is 0 Å². The highest BCUT2D eigenvalue weighted by molar-refractivity contribution is 5.69. The van der Waals surface area contributed by atoms with E-state index in [0.29, 0.717) is 6.42 Å². The van der Waals surface area contributed by atoms with Crippen LogP contribution in [0.1, 0.15) is 251 Å². The van der Waals surface area contributed by atoms with E-state index in [1.54, 1.807) is 0 Å². The van der Waals surface area contributed by atoms with Gasteiger partial charge in [0.25, 0.3) is 0 Å². The van der Waals surface area contributed by atoms with Gasteiger partial charge in [-0.15, -0.1) is 0 Å². The number of rotatable bonds is 40. The molecule has 284 valence electrons. The van der Waals surface area contributed by atoms with E-state index in [-0.39, 0.29) is 18.5 Å². The normalized spacial score (nSPS) is 12.2. The van der Waals surface area contributed by atoms with E-state index >= 15 is 0 Å². The summed E-state index contributed by atoms with van der Waals surface area (Å²) >= 11 is 0. The van der Waals surface area contributed by atoms with Gasteiger partial charge in [0.1, 0.15) is 6.10 Å². The summed E-state index contributed by atoms with van der Waals surface area (Å²) in [5.74, 6) is -0.694. The number of ether oxygens (including phenoxy) is 1. The Morgan fingerprint density at radius 2 is 0.750 bits per heavy atom. The summed E-state index contributed by atoms with van der Waals surface area (Å²) in [6.07, 6.45) is 49.5. The zero-order valence-electron chi connectivity index (χ0n) is 32.6. The second-order valence-electron chi connectivity index (χ2n) is 14.9. The van der Waals surface area contributed by atoms with Crippen molar-refractivity contribution in [1.82, 2.24) is 0 Å². The van der Waals surface area contributed by atoms with Crippen molar-refractivity contribution in [3.05, 3.63) is 12.2 Å². The average molecular weight is 677 g/mol. The van der Waals surface area contributed by atoms with Crippen LogP contribution in [0.5, 0.6) is 0 Å². The second kappa shape index (κ2) is 40.1. The third kappa shape index (κ3) is 39.1. The number of carboxylic acid groups (broad SMARTS) is 1. The fourth-order valence-electron chi connectivity index (χ4n) is 6.77. The molecular formula is C44H84O4. The maximum Gasteiger partial charge on any atom is 0.306 e. The molecule has 0 rings (SSSR count). The first kappa shape index (κ1) is 46.7. The highest BCUT2D eigenvalue weighted by Crippen LogP contribution is 2.19. The lowest BCUT2D eigenvalue weighted by molar-refractivity contribution is -0.150. The molecule has 48 heavy (non-hydrogen) atoms. The van der Waals surface area contributed by atoms with Gasteiger partial charge in [-0.3, -0.25) is 9.59 Å². The van der Waals surface area contributed by atoms with Gasteiger partial charge in [-0.1, -0.05) is 187 Å². The monoisotopic (exact) mass is 677 g/mol. The molecule has 4 nitrogen and oxygen atoms in total. The van der Waals surface area contributed by atoms with Gasteiger partial charge in [0.2, 0.25) is 0 Å². The van der Waals surface area contributed by atoms with Gasteiger partial charge in [-0.25, -0.2) is 0 Å². The summed E-state index contributed by atoms with van der Waals surface area (Å²) < 4.78 is 6.02. The molecule has 0 aromatic rings. The SMILES string of the molecule is CCCCCCCC/C=C\CCCCCCCCCC(=O)OC(CCCCCCCCCCCCCCC)CCCCCCCC(=O)O. The number of carboxylic acids is 1. The van der Waals surface area contributed by atoms with Crippen LogP contribution in [-0.2, 0) is 14.3 Å². The van der Waals surface area contributed by atoms with Crippen LogP contribution >= 0.6 is 0 Å². The van der Waals surface area contributed by atoms with Crippen molar-refractivity contribution in [1.29, 1.82) is 0 Å². The Hall–Kier alpha value is -1.32. The van der Waals surface area contributed by atoms with E-state index in [9.17, 15) is 9.59 Å². The number of carbonyl (C=O) groups excluding carboxylic acids is 1. The summed E-state index contributed by atoms with van der Waals surface area (Å²) in [5, 5.41) is 8.83. The Morgan fingerprint density at radius 3 is 1.12 bits per heavy atom. The van der Waals surface area contributed by atoms with Crippen LogP contribution in [0.3, 0.4) is 0 Å². The third-order valence-electron chi connectivity index (χ3n) is 9.99. The van der Waals surface area contributed by atoms with Crippen molar-refractivity contribution in [3.63, 3.8) is 0 Å². The molecule has 0 aliphatic carbocycles. The maximum absolute atomic E-state index is 12.7. The predicted molar refractivity (Wildman–Crippen MR) is 209 cm³/mol. The largest absolute Gasteiger partial charge is 0.481 e. The molecule has 0 saturated heterocycles. The standard InChI is InChI=1S/C44H84O4/c1-3-5-7-9-11-13-15-17-18-19-20-22-24-26-28-33-37-41-44(47)48-42(39-35-31-29-32-36-40-43(45)46)38-34-30-27-25-23-21-16-14-12-10-8-6-4-2/h17-18,42H,3-16,19-41H2,1-2H3,(H,45,46)/b18-17-. The number of unbranched alkanes of at least 4 members (excludes halogenated alkanes) is 29. The van der Waals surface area contributed by atoms with Crippen molar-refractivity contribution in [2.75, 3.05) is 0 Å². The van der Waals surface area contributed by atoms with Gasteiger partial charge in [-0.05, 0) is 64.2 Å². The van der Waals surface area contributed by atoms with Crippen LogP contribution in [0.15, 0.2) is 12.2 Å². The molecule has 0 aliphatic rings. The minimum absolute atomic E-state index is 0.00361. The Bertz CT molecular complexity index is 687. The van der Waals surface area contributed by atoms with Crippen LogP contribution in [0.4, 0.5) is 0 Å². The van der Waals surface area contributed by atoms with Gasteiger partial charge < -0.3 is 9.84 Å². The van der Waals surface area contributed by atoms with Gasteiger partial charge in [0.05, 0.1) is 0 Å². The number of hydrogen-bond acceptors (Lipinski definition) is 3. The molecule has 0 aliphatic heterocycles. The summed E-state index contributed by atoms with van der Waals surface area (Å²) in [6.45, 7) is 4.56. The number of hydrogen-bond donors (Lipinski definition) is 1. The highest BCUT2D eigenvalue weighted by atomic mass is 16.5. The molecule has 0 fully saturated rings. The molecule has 1 N–H and O–H groups in total. The summed E-state index contributed by atoms with van der Waals surface area (Å²) in [6, 6.07) is 0. The van der Waals surface area contributed by atoms with Crippen LogP contribution in [0.25, 0.3) is 0 Å². The van der Waals surface area contributed by atoms with Crippen molar-refractivity contribution < 1.29 is 19.4 Å². The molecule has 0 aromatic heterocycles. The topological polar surface area (TPSA) is 63.6 Å². The maximum atomic E-state index is 12.7. The van der Waals surface area contributed by atoms with Crippen molar-refractivity contribution in [2.45, 2.75) is 258 Å². The molecular weight excluding hydrogens is 592 g/mol. The van der Waals surface area contributed by atoms with Crippen molar-refractivity contribution >= 4 is 11.9 Å². The van der Waals surface area contributed by atoms with Gasteiger partial charge in [0.15, 0.2) is 0 Å². The minimum atomic E-state index is -0.697. The fraction of sp³-hybridized carbons (Fsp3) is 0.909. The van der Waals surface area contributed by atoms with Gasteiger partial charge >= 0.3 is 11.9 Å². The molecule has 1 atom stereocenters. The number of allylic oxidation sites excluding steroid dienone is 2. The van der Waals surface area contributed by atoms with E-state index in [1.165, 1.54) is 161 Å². The minimum Gasteiger partial charge on any atom is -0.481 e. The Labute approximate surface area is 300 Å². The zero-order valence-corrected chi connectivity index (χ0v) is 32.6. The average Bonchev–Trinajstić information content (AvgIpc) is 3.07. The van der Waals surface area contributed by atoms with Crippen LogP contribution in [-0.4, -0.2) is 23.1 Å². The molecule has 0 bridgehead atoms. The molecule has 4 heteroatoms. The summed E-state index contributed by atoms with van der Waals surface area (Å²) in [5.41, 5.74) is 0. The second-order valence-corrected chi connectivity index (χ2v) is 14.9. The van der Waals surface area contributed by atoms with E-state index in [1.807, 2.05) is 0 Å². The quantitative estimate of drug-likeness (QED) is 0.0398. The van der Waals surface area contributed by atoms with E-state index in [4.69, 9.17) is 9.84 Å². The van der Waals surface area contributed by atoms with Gasteiger partial charge in [-0.2, -0.15) is 0 Å². The molecule has 0 radical (unpaired) electrons. The number of carbonyl (C=O) groups is 2. The lowest BCUT2D eigenvalue weighted by atomic mass is 10.0. The van der Waals surface area contributed by atoms with Gasteiger partial charge in [0, 0.05) is 12.8 Å². The Kier molecular flexibility index (Phi) is 39.0. The molecule has 0 aromatic carbocycles. The van der Waals surface area contributed by atoms with Crippen LogP contribution in [0.2, 0.25) is 0 Å². The predicted octanol–water partition coefficient (Wildman–Crippen LogP) is 15.0. The van der Waals surface area contributed by atoms with Crippen LogP contribution < -0.4 is 0 Å². The molecule has 0 saturated carbocycles. The van der Waals surface area contributed by atoms with Crippen LogP contribution in [0, 0.1) is 0 Å². The van der Waals surface area contributed by atoms with E-state index in [2.05, 4.69) is 26.0 Å². The fourth-order valence-corrected chi connectivity index (χ4v) is 6.77. The molecule has 1 unspecified atom stereocenters. The third-order valence-corrected chi connectivity index (χ3v) is 9.99. The first-order valence-electron chi connectivity index (χ1n) is 21.7. The number of aliphatic carboxylic acids is 1. The highest BCUT2D eigenvalue weighted by Gasteiger charge is 2.14. The smallest absolute Gasteiger partial charge is 0.306 e.